The second-order valence-corrected chi connectivity index (χ2v) is 7.15. The van der Waals surface area contributed by atoms with Crippen LogP contribution in [-0.4, -0.2) is 13.2 Å². The summed E-state index contributed by atoms with van der Waals surface area (Å²) in [5, 5.41) is 3.74. The highest BCUT2D eigenvalue weighted by molar-refractivity contribution is 9.10. The van der Waals surface area contributed by atoms with Crippen molar-refractivity contribution in [3.63, 3.8) is 0 Å². The van der Waals surface area contributed by atoms with E-state index in [2.05, 4.69) is 48.1 Å². The maximum Gasteiger partial charge on any atom is 0.143 e. The van der Waals surface area contributed by atoms with Gasteiger partial charge in [0.1, 0.15) is 5.75 Å². The Morgan fingerprint density at radius 2 is 2.05 bits per heavy atom. The summed E-state index contributed by atoms with van der Waals surface area (Å²) in [6, 6.07) is 4.70. The van der Waals surface area contributed by atoms with Crippen LogP contribution in [-0.2, 0) is 0 Å². The third-order valence-electron chi connectivity index (χ3n) is 4.31. The molecule has 0 radical (unpaired) electrons. The molecule has 0 heterocycles. The number of hydrogen-bond acceptors (Lipinski definition) is 2. The first-order chi connectivity index (χ1) is 8.94. The third-order valence-corrected chi connectivity index (χ3v) is 4.77. The Morgan fingerprint density at radius 1 is 1.32 bits per heavy atom. The maximum absolute atomic E-state index is 5.52. The standard InChI is InChI=1S/C16H24BrNO/c1-11-9-12(17)10-13(19-4)15(11)18-14-7-5-6-8-16(14,2)3/h9-10,14,18H,5-8H2,1-4H3. The average Bonchev–Trinajstić information content (AvgIpc) is 2.33. The van der Waals surface area contributed by atoms with E-state index in [1.54, 1.807) is 7.11 Å². The van der Waals surface area contributed by atoms with E-state index in [-0.39, 0.29) is 0 Å². The molecule has 106 valence electrons. The van der Waals surface area contributed by atoms with E-state index in [0.717, 1.165) is 15.9 Å². The monoisotopic (exact) mass is 325 g/mol. The molecule has 0 amide bonds. The smallest absolute Gasteiger partial charge is 0.143 e. The zero-order chi connectivity index (χ0) is 14.0. The second kappa shape index (κ2) is 5.74. The molecule has 0 saturated heterocycles. The molecule has 1 fully saturated rings. The summed E-state index contributed by atoms with van der Waals surface area (Å²) in [4.78, 5) is 0. The fourth-order valence-electron chi connectivity index (χ4n) is 2.99. The number of halogens is 1. The molecule has 1 aromatic rings. The van der Waals surface area contributed by atoms with Gasteiger partial charge in [-0.05, 0) is 42.9 Å². The van der Waals surface area contributed by atoms with Crippen LogP contribution in [0.3, 0.4) is 0 Å². The number of rotatable bonds is 3. The molecule has 3 heteroatoms. The fourth-order valence-corrected chi connectivity index (χ4v) is 3.55. The first kappa shape index (κ1) is 14.7. The van der Waals surface area contributed by atoms with Crippen molar-refractivity contribution in [2.45, 2.75) is 52.5 Å². The highest BCUT2D eigenvalue weighted by Gasteiger charge is 2.32. The van der Waals surface area contributed by atoms with E-state index in [1.165, 1.54) is 31.2 Å². The Labute approximate surface area is 125 Å². The summed E-state index contributed by atoms with van der Waals surface area (Å²) >= 11 is 3.53. The number of hydrogen-bond donors (Lipinski definition) is 1. The lowest BCUT2D eigenvalue weighted by Gasteiger charge is -2.40. The van der Waals surface area contributed by atoms with E-state index in [1.807, 2.05) is 6.07 Å². The Hall–Kier alpha value is -0.700. The normalized spacial score (nSPS) is 22.1. The SMILES string of the molecule is COc1cc(Br)cc(C)c1NC1CCCCC1(C)C. The highest BCUT2D eigenvalue weighted by Crippen LogP contribution is 2.40. The number of benzene rings is 1. The minimum absolute atomic E-state index is 0.350. The molecular formula is C16H24BrNO. The predicted molar refractivity (Wildman–Crippen MR) is 85.1 cm³/mol. The lowest BCUT2D eigenvalue weighted by molar-refractivity contribution is 0.216. The summed E-state index contributed by atoms with van der Waals surface area (Å²) in [6.45, 7) is 6.86. The molecule has 1 N–H and O–H groups in total. The number of anilines is 1. The van der Waals surface area contributed by atoms with Crippen molar-refractivity contribution in [1.82, 2.24) is 0 Å². The molecule has 2 rings (SSSR count). The summed E-state index contributed by atoms with van der Waals surface area (Å²) in [5.41, 5.74) is 2.72. The van der Waals surface area contributed by atoms with Gasteiger partial charge >= 0.3 is 0 Å². The van der Waals surface area contributed by atoms with Crippen molar-refractivity contribution in [2.24, 2.45) is 5.41 Å². The number of ether oxygens (including phenoxy) is 1. The fraction of sp³-hybridized carbons (Fsp3) is 0.625. The first-order valence-electron chi connectivity index (χ1n) is 7.05. The van der Waals surface area contributed by atoms with E-state index < -0.39 is 0 Å². The maximum atomic E-state index is 5.52. The molecule has 0 bridgehead atoms. The van der Waals surface area contributed by atoms with Gasteiger partial charge in [0.2, 0.25) is 0 Å². The van der Waals surface area contributed by atoms with Crippen LogP contribution in [0, 0.1) is 12.3 Å². The molecule has 1 aliphatic rings. The van der Waals surface area contributed by atoms with Crippen LogP contribution in [0.4, 0.5) is 5.69 Å². The van der Waals surface area contributed by atoms with Crippen LogP contribution in [0.1, 0.15) is 45.1 Å². The number of aryl methyl sites for hydroxylation is 1. The molecule has 19 heavy (non-hydrogen) atoms. The molecule has 0 aromatic heterocycles. The zero-order valence-electron chi connectivity index (χ0n) is 12.3. The summed E-state index contributed by atoms with van der Waals surface area (Å²) in [6.07, 6.45) is 5.20. The predicted octanol–water partition coefficient (Wildman–Crippen LogP) is 5.15. The van der Waals surface area contributed by atoms with Gasteiger partial charge in [-0.25, -0.2) is 0 Å². The summed E-state index contributed by atoms with van der Waals surface area (Å²) < 4.78 is 6.59. The van der Waals surface area contributed by atoms with Crippen LogP contribution >= 0.6 is 15.9 Å². The Bertz CT molecular complexity index is 456. The molecule has 1 atom stereocenters. The van der Waals surface area contributed by atoms with Crippen molar-refractivity contribution in [3.05, 3.63) is 22.2 Å². The van der Waals surface area contributed by atoms with Gasteiger partial charge < -0.3 is 10.1 Å². The highest BCUT2D eigenvalue weighted by atomic mass is 79.9. The Morgan fingerprint density at radius 3 is 2.68 bits per heavy atom. The molecule has 0 spiro atoms. The van der Waals surface area contributed by atoms with Crippen LogP contribution in [0.15, 0.2) is 16.6 Å². The third kappa shape index (κ3) is 3.25. The van der Waals surface area contributed by atoms with Gasteiger partial charge in [-0.2, -0.15) is 0 Å². The molecule has 2 nitrogen and oxygen atoms in total. The van der Waals surface area contributed by atoms with Gasteiger partial charge in [-0.15, -0.1) is 0 Å². The number of methoxy groups -OCH3 is 1. The lowest BCUT2D eigenvalue weighted by Crippen LogP contribution is -2.39. The Balaban J connectivity index is 2.27. The molecular weight excluding hydrogens is 302 g/mol. The van der Waals surface area contributed by atoms with Crippen LogP contribution in [0.2, 0.25) is 0 Å². The van der Waals surface area contributed by atoms with Gasteiger partial charge in [0, 0.05) is 10.5 Å². The molecule has 1 aliphatic carbocycles. The minimum Gasteiger partial charge on any atom is -0.495 e. The van der Waals surface area contributed by atoms with E-state index >= 15 is 0 Å². The second-order valence-electron chi connectivity index (χ2n) is 6.23. The largest absolute Gasteiger partial charge is 0.495 e. The van der Waals surface area contributed by atoms with Gasteiger partial charge in [-0.1, -0.05) is 42.6 Å². The zero-order valence-corrected chi connectivity index (χ0v) is 13.9. The summed E-state index contributed by atoms with van der Waals surface area (Å²) in [5.74, 6) is 0.924. The van der Waals surface area contributed by atoms with E-state index in [0.29, 0.717) is 11.5 Å². The van der Waals surface area contributed by atoms with Gasteiger partial charge in [0.25, 0.3) is 0 Å². The molecule has 1 unspecified atom stereocenters. The lowest BCUT2D eigenvalue weighted by atomic mass is 9.73. The van der Waals surface area contributed by atoms with Gasteiger partial charge in [0.05, 0.1) is 12.8 Å². The van der Waals surface area contributed by atoms with Crippen LogP contribution in [0.25, 0.3) is 0 Å². The van der Waals surface area contributed by atoms with E-state index in [4.69, 9.17) is 4.74 Å². The van der Waals surface area contributed by atoms with Crippen LogP contribution in [0.5, 0.6) is 5.75 Å². The topological polar surface area (TPSA) is 21.3 Å². The van der Waals surface area contributed by atoms with Crippen molar-refractivity contribution < 1.29 is 4.74 Å². The molecule has 0 aliphatic heterocycles. The quantitative estimate of drug-likeness (QED) is 0.830. The average molecular weight is 326 g/mol. The van der Waals surface area contributed by atoms with Crippen molar-refractivity contribution in [3.8, 4) is 5.75 Å². The van der Waals surface area contributed by atoms with Gasteiger partial charge in [-0.3, -0.25) is 0 Å². The Kier molecular flexibility index (Phi) is 4.44. The van der Waals surface area contributed by atoms with Crippen molar-refractivity contribution in [2.75, 3.05) is 12.4 Å². The van der Waals surface area contributed by atoms with Crippen molar-refractivity contribution >= 4 is 21.6 Å². The summed E-state index contributed by atoms with van der Waals surface area (Å²) in [7, 11) is 1.73. The molecule has 1 saturated carbocycles. The van der Waals surface area contributed by atoms with E-state index in [9.17, 15) is 0 Å². The minimum atomic E-state index is 0.350. The molecule has 1 aromatic carbocycles. The van der Waals surface area contributed by atoms with Crippen molar-refractivity contribution in [1.29, 1.82) is 0 Å². The first-order valence-corrected chi connectivity index (χ1v) is 7.84. The van der Waals surface area contributed by atoms with Crippen LogP contribution < -0.4 is 10.1 Å². The number of nitrogens with one attached hydrogen (secondary N) is 1. The van der Waals surface area contributed by atoms with Gasteiger partial charge in [0.15, 0.2) is 0 Å².